The molecule has 1 aromatic carbocycles. The molecule has 0 bridgehead atoms. The van der Waals surface area contributed by atoms with E-state index in [9.17, 15) is 4.79 Å². The Hall–Kier alpha value is -0.710. The fourth-order valence-electron chi connectivity index (χ4n) is 1.98. The molecule has 5 heteroatoms. The second-order valence-corrected chi connectivity index (χ2v) is 5.97. The summed E-state index contributed by atoms with van der Waals surface area (Å²) in [6.45, 7) is 1.91. The van der Waals surface area contributed by atoms with Crippen LogP contribution < -0.4 is 11.1 Å². The number of benzene rings is 1. The summed E-state index contributed by atoms with van der Waals surface area (Å²) >= 11 is 7.82. The summed E-state index contributed by atoms with van der Waals surface area (Å²) in [6.07, 6.45) is 1.57. The topological polar surface area (TPSA) is 55.1 Å². The Balaban J connectivity index is 2.17. The quantitative estimate of drug-likeness (QED) is 0.897. The Bertz CT molecular complexity index is 453. The second kappa shape index (κ2) is 5.95. The smallest absolute Gasteiger partial charge is 0.237 e. The standard InChI is InChI=1S/C13H17ClN2OS/c1-2-10(15)13(17)16-11-5-6-18-12-4-3-8(14)7-9(11)12/h3-4,7,10-11H,2,5-6,15H2,1H3,(H,16,17)/t10-,11?/m0/s1. The first-order valence-electron chi connectivity index (χ1n) is 6.10. The highest BCUT2D eigenvalue weighted by Gasteiger charge is 2.24. The fourth-order valence-corrected chi connectivity index (χ4v) is 3.27. The van der Waals surface area contributed by atoms with Crippen LogP contribution in [0, 0.1) is 0 Å². The van der Waals surface area contributed by atoms with E-state index < -0.39 is 6.04 Å². The lowest BCUT2D eigenvalue weighted by Crippen LogP contribution is -2.42. The van der Waals surface area contributed by atoms with E-state index in [-0.39, 0.29) is 11.9 Å². The number of halogens is 1. The number of carbonyl (C=O) groups is 1. The second-order valence-electron chi connectivity index (χ2n) is 4.40. The number of nitrogens with one attached hydrogen (secondary N) is 1. The predicted molar refractivity (Wildman–Crippen MR) is 75.9 cm³/mol. The number of hydrogen-bond donors (Lipinski definition) is 2. The van der Waals surface area contributed by atoms with Crippen molar-refractivity contribution in [3.63, 3.8) is 0 Å². The van der Waals surface area contributed by atoms with Crippen LogP contribution in [0.5, 0.6) is 0 Å². The molecule has 1 unspecified atom stereocenters. The van der Waals surface area contributed by atoms with E-state index >= 15 is 0 Å². The van der Waals surface area contributed by atoms with Gasteiger partial charge in [-0.05, 0) is 36.6 Å². The minimum absolute atomic E-state index is 0.0325. The van der Waals surface area contributed by atoms with Crippen molar-refractivity contribution in [1.82, 2.24) is 5.32 Å². The monoisotopic (exact) mass is 284 g/mol. The third-order valence-electron chi connectivity index (χ3n) is 3.10. The van der Waals surface area contributed by atoms with Crippen LogP contribution in [0.4, 0.5) is 0 Å². The number of hydrogen-bond acceptors (Lipinski definition) is 3. The maximum atomic E-state index is 11.9. The third kappa shape index (κ3) is 2.99. The van der Waals surface area contributed by atoms with Crippen LogP contribution in [-0.2, 0) is 4.79 Å². The van der Waals surface area contributed by atoms with Gasteiger partial charge in [0.25, 0.3) is 0 Å². The van der Waals surface area contributed by atoms with Crippen LogP contribution >= 0.6 is 23.4 Å². The first kappa shape index (κ1) is 13.7. The average molecular weight is 285 g/mol. The first-order valence-corrected chi connectivity index (χ1v) is 7.46. The zero-order valence-electron chi connectivity index (χ0n) is 10.3. The van der Waals surface area contributed by atoms with Gasteiger partial charge in [-0.3, -0.25) is 4.79 Å². The van der Waals surface area contributed by atoms with Gasteiger partial charge in [0.2, 0.25) is 5.91 Å². The normalized spacial score (nSPS) is 20.1. The van der Waals surface area contributed by atoms with Crippen LogP contribution in [0.15, 0.2) is 23.1 Å². The fraction of sp³-hybridized carbons (Fsp3) is 0.462. The molecule has 0 radical (unpaired) electrons. The highest BCUT2D eigenvalue weighted by atomic mass is 35.5. The molecular weight excluding hydrogens is 268 g/mol. The molecule has 1 aliphatic heterocycles. The van der Waals surface area contributed by atoms with Gasteiger partial charge >= 0.3 is 0 Å². The van der Waals surface area contributed by atoms with Gasteiger partial charge in [0.1, 0.15) is 0 Å². The summed E-state index contributed by atoms with van der Waals surface area (Å²) in [5, 5.41) is 3.72. The van der Waals surface area contributed by atoms with Crippen molar-refractivity contribution in [1.29, 1.82) is 0 Å². The molecule has 3 nitrogen and oxygen atoms in total. The molecule has 2 atom stereocenters. The van der Waals surface area contributed by atoms with Gasteiger partial charge in [-0.15, -0.1) is 11.8 Å². The molecule has 0 fully saturated rings. The van der Waals surface area contributed by atoms with Gasteiger partial charge in [-0.2, -0.15) is 0 Å². The molecule has 98 valence electrons. The Kier molecular flexibility index (Phi) is 4.54. The number of nitrogens with two attached hydrogens (primary N) is 1. The molecule has 0 spiro atoms. The molecule has 1 amide bonds. The average Bonchev–Trinajstić information content (AvgIpc) is 2.38. The Labute approximate surface area is 116 Å². The molecule has 18 heavy (non-hydrogen) atoms. The number of thioether (sulfide) groups is 1. The van der Waals surface area contributed by atoms with Crippen LogP contribution in [-0.4, -0.2) is 17.7 Å². The number of carbonyl (C=O) groups excluding carboxylic acids is 1. The lowest BCUT2D eigenvalue weighted by atomic mass is 10.0. The largest absolute Gasteiger partial charge is 0.348 e. The summed E-state index contributed by atoms with van der Waals surface area (Å²) in [6, 6.07) is 5.44. The SMILES string of the molecule is CC[C@H](N)C(=O)NC1CCSc2ccc(Cl)cc21. The lowest BCUT2D eigenvalue weighted by molar-refractivity contribution is -0.123. The highest BCUT2D eigenvalue weighted by Crippen LogP contribution is 2.37. The third-order valence-corrected chi connectivity index (χ3v) is 4.46. The van der Waals surface area contributed by atoms with E-state index in [1.165, 1.54) is 4.90 Å². The van der Waals surface area contributed by atoms with Crippen LogP contribution in [0.3, 0.4) is 0 Å². The van der Waals surface area contributed by atoms with Crippen LogP contribution in [0.1, 0.15) is 31.4 Å². The van der Waals surface area contributed by atoms with Gasteiger partial charge < -0.3 is 11.1 Å². The molecule has 3 N–H and O–H groups in total. The Morgan fingerprint density at radius 1 is 1.67 bits per heavy atom. The molecule has 2 rings (SSSR count). The summed E-state index contributed by atoms with van der Waals surface area (Å²) in [5.41, 5.74) is 6.85. The number of amides is 1. The Morgan fingerprint density at radius 2 is 2.44 bits per heavy atom. The molecular formula is C13H17ClN2OS. The van der Waals surface area contributed by atoms with Crippen molar-refractivity contribution in [2.45, 2.75) is 36.7 Å². The molecule has 1 heterocycles. The minimum atomic E-state index is -0.429. The highest BCUT2D eigenvalue weighted by molar-refractivity contribution is 7.99. The van der Waals surface area contributed by atoms with Gasteiger partial charge in [0.15, 0.2) is 0 Å². The van der Waals surface area contributed by atoms with Crippen molar-refractivity contribution in [3.05, 3.63) is 28.8 Å². The Morgan fingerprint density at radius 3 is 3.17 bits per heavy atom. The van der Waals surface area contributed by atoms with Crippen LogP contribution in [0.2, 0.25) is 5.02 Å². The van der Waals surface area contributed by atoms with Crippen molar-refractivity contribution in [2.24, 2.45) is 5.73 Å². The van der Waals surface area contributed by atoms with Gasteiger partial charge in [-0.1, -0.05) is 18.5 Å². The maximum absolute atomic E-state index is 11.9. The van der Waals surface area contributed by atoms with Crippen molar-refractivity contribution in [2.75, 3.05) is 5.75 Å². The van der Waals surface area contributed by atoms with E-state index in [1.54, 1.807) is 11.8 Å². The molecule has 0 saturated carbocycles. The maximum Gasteiger partial charge on any atom is 0.237 e. The van der Waals surface area contributed by atoms with E-state index in [0.717, 1.165) is 17.7 Å². The molecule has 0 aromatic heterocycles. The zero-order chi connectivity index (χ0) is 13.1. The minimum Gasteiger partial charge on any atom is -0.348 e. The van der Waals surface area contributed by atoms with E-state index in [2.05, 4.69) is 5.32 Å². The summed E-state index contributed by atoms with van der Waals surface area (Å²) in [7, 11) is 0. The number of rotatable bonds is 3. The van der Waals surface area contributed by atoms with Crippen molar-refractivity contribution >= 4 is 29.3 Å². The zero-order valence-corrected chi connectivity index (χ0v) is 11.9. The van der Waals surface area contributed by atoms with Crippen molar-refractivity contribution in [3.8, 4) is 0 Å². The molecule has 0 saturated heterocycles. The van der Waals surface area contributed by atoms with E-state index in [1.807, 2.05) is 25.1 Å². The van der Waals surface area contributed by atoms with E-state index in [4.69, 9.17) is 17.3 Å². The predicted octanol–water partition coefficient (Wildman–Crippen LogP) is 2.73. The number of fused-ring (bicyclic) bond motifs is 1. The molecule has 1 aromatic rings. The summed E-state index contributed by atoms with van der Waals surface area (Å²) in [5.74, 6) is 0.918. The van der Waals surface area contributed by atoms with E-state index in [0.29, 0.717) is 11.4 Å². The summed E-state index contributed by atoms with van der Waals surface area (Å²) < 4.78 is 0. The lowest BCUT2D eigenvalue weighted by Gasteiger charge is -2.27. The molecule has 1 aliphatic rings. The van der Waals surface area contributed by atoms with Crippen LogP contribution in [0.25, 0.3) is 0 Å². The first-order chi connectivity index (χ1) is 8.61. The summed E-state index contributed by atoms with van der Waals surface area (Å²) in [4.78, 5) is 13.1. The van der Waals surface area contributed by atoms with Crippen molar-refractivity contribution < 1.29 is 4.79 Å². The van der Waals surface area contributed by atoms with Gasteiger partial charge in [0, 0.05) is 15.7 Å². The van der Waals surface area contributed by atoms with Gasteiger partial charge in [0.05, 0.1) is 12.1 Å². The van der Waals surface area contributed by atoms with Gasteiger partial charge in [-0.25, -0.2) is 0 Å². The molecule has 0 aliphatic carbocycles.